The van der Waals surface area contributed by atoms with Crippen LogP contribution in [0.2, 0.25) is 0 Å². The maximum absolute atomic E-state index is 13.4. The van der Waals surface area contributed by atoms with E-state index in [0.717, 1.165) is 25.7 Å². The third-order valence-electron chi connectivity index (χ3n) is 5.27. The lowest BCUT2D eigenvalue weighted by Gasteiger charge is -2.41. The number of fused-ring (bicyclic) bond motifs is 1. The van der Waals surface area contributed by atoms with Crippen molar-refractivity contribution >= 4 is 23.5 Å². The summed E-state index contributed by atoms with van der Waals surface area (Å²) in [7, 11) is 1.59. The minimum Gasteiger partial charge on any atom is -0.497 e. The van der Waals surface area contributed by atoms with Crippen LogP contribution >= 0.6 is 11.8 Å². The van der Waals surface area contributed by atoms with Gasteiger partial charge in [-0.3, -0.25) is 10.2 Å². The summed E-state index contributed by atoms with van der Waals surface area (Å²) >= 11 is 1.35. The highest BCUT2D eigenvalue weighted by molar-refractivity contribution is 8.00. The number of ketones is 1. The van der Waals surface area contributed by atoms with Crippen LogP contribution in [0, 0.1) is 0 Å². The molecule has 0 saturated heterocycles. The van der Waals surface area contributed by atoms with Crippen molar-refractivity contribution < 1.29 is 19.1 Å². The topological polar surface area (TPSA) is 95.3 Å². The van der Waals surface area contributed by atoms with Crippen molar-refractivity contribution in [2.75, 3.05) is 19.1 Å². The van der Waals surface area contributed by atoms with E-state index in [1.165, 1.54) is 16.6 Å². The Kier molecular flexibility index (Phi) is 5.01. The summed E-state index contributed by atoms with van der Waals surface area (Å²) in [6.07, 6.45) is 3.80. The summed E-state index contributed by atoms with van der Waals surface area (Å²) in [5.41, 5.74) is 3.73. The highest BCUT2D eigenvalue weighted by Gasteiger charge is 2.50. The van der Waals surface area contributed by atoms with Gasteiger partial charge in [0.25, 0.3) is 0 Å². The number of aromatic nitrogens is 3. The SMILES string of the molecule is CCOC(=O)c1nnn2c1SC(C(=O)c1ccc(OC)cc1)C1(CCCC1)N2. The van der Waals surface area contributed by atoms with Crippen LogP contribution in [0.5, 0.6) is 5.75 Å². The number of esters is 1. The highest BCUT2D eigenvalue weighted by atomic mass is 32.2. The fourth-order valence-corrected chi connectivity index (χ4v) is 5.26. The normalized spacial score (nSPS) is 19.7. The molecule has 2 aromatic rings. The quantitative estimate of drug-likeness (QED) is 0.602. The highest BCUT2D eigenvalue weighted by Crippen LogP contribution is 2.46. The Bertz CT molecular complexity index is 890. The lowest BCUT2D eigenvalue weighted by molar-refractivity contribution is 0.0514. The van der Waals surface area contributed by atoms with Crippen LogP contribution in [0.4, 0.5) is 0 Å². The lowest BCUT2D eigenvalue weighted by atomic mass is 9.88. The molecule has 2 heterocycles. The monoisotopic (exact) mass is 402 g/mol. The molecule has 1 saturated carbocycles. The second-order valence-corrected chi connectivity index (χ2v) is 8.03. The fraction of sp³-hybridized carbons (Fsp3) is 0.474. The second-order valence-electron chi connectivity index (χ2n) is 6.94. The smallest absolute Gasteiger partial charge is 0.361 e. The predicted molar refractivity (Wildman–Crippen MR) is 104 cm³/mol. The third-order valence-corrected chi connectivity index (χ3v) is 6.76. The van der Waals surface area contributed by atoms with E-state index in [2.05, 4.69) is 15.7 Å². The molecule has 2 aliphatic rings. The predicted octanol–water partition coefficient (Wildman–Crippen LogP) is 2.68. The van der Waals surface area contributed by atoms with E-state index in [1.807, 2.05) is 0 Å². The molecule has 4 rings (SSSR count). The van der Waals surface area contributed by atoms with Crippen LogP contribution < -0.4 is 10.2 Å². The molecule has 1 aromatic carbocycles. The van der Waals surface area contributed by atoms with Crippen LogP contribution in [-0.2, 0) is 4.74 Å². The van der Waals surface area contributed by atoms with Gasteiger partial charge >= 0.3 is 5.97 Å². The molecule has 1 N–H and O–H groups in total. The lowest BCUT2D eigenvalue weighted by Crippen LogP contribution is -2.55. The van der Waals surface area contributed by atoms with Crippen LogP contribution in [0.15, 0.2) is 29.3 Å². The minimum absolute atomic E-state index is 0.0179. The van der Waals surface area contributed by atoms with Gasteiger partial charge in [-0.1, -0.05) is 24.6 Å². The molecule has 28 heavy (non-hydrogen) atoms. The number of thioether (sulfide) groups is 1. The molecular formula is C19H22N4O4S. The number of ether oxygens (including phenoxy) is 2. The maximum Gasteiger partial charge on any atom is 0.361 e. The maximum atomic E-state index is 13.4. The summed E-state index contributed by atoms with van der Waals surface area (Å²) in [5.74, 6) is 0.189. The molecule has 9 heteroatoms. The van der Waals surface area contributed by atoms with Crippen molar-refractivity contribution in [1.82, 2.24) is 15.1 Å². The zero-order valence-electron chi connectivity index (χ0n) is 15.8. The molecule has 1 aliphatic heterocycles. The number of methoxy groups -OCH3 is 1. The van der Waals surface area contributed by atoms with E-state index in [0.29, 0.717) is 16.3 Å². The molecule has 8 nitrogen and oxygen atoms in total. The van der Waals surface area contributed by atoms with E-state index in [-0.39, 0.29) is 23.3 Å². The molecular weight excluding hydrogens is 380 g/mol. The molecule has 1 atom stereocenters. The minimum atomic E-state index is -0.531. The van der Waals surface area contributed by atoms with Crippen molar-refractivity contribution in [3.8, 4) is 5.75 Å². The number of nitrogens with one attached hydrogen (secondary N) is 1. The number of benzene rings is 1. The van der Waals surface area contributed by atoms with Crippen LogP contribution in [0.25, 0.3) is 0 Å². The van der Waals surface area contributed by atoms with E-state index >= 15 is 0 Å². The molecule has 1 spiro atoms. The van der Waals surface area contributed by atoms with Crippen molar-refractivity contribution in [3.63, 3.8) is 0 Å². The first-order valence-corrected chi connectivity index (χ1v) is 10.2. The van der Waals surface area contributed by atoms with Crippen molar-refractivity contribution in [1.29, 1.82) is 0 Å². The average Bonchev–Trinajstić information content (AvgIpc) is 3.34. The number of Topliss-reactive ketones (excluding diaryl/α,β-unsaturated/α-hetero) is 1. The van der Waals surface area contributed by atoms with Crippen LogP contribution in [0.3, 0.4) is 0 Å². The molecule has 148 valence electrons. The van der Waals surface area contributed by atoms with E-state index in [9.17, 15) is 9.59 Å². The fourth-order valence-electron chi connectivity index (χ4n) is 3.86. The molecule has 1 fully saturated rings. The van der Waals surface area contributed by atoms with Gasteiger partial charge in [0.15, 0.2) is 10.8 Å². The Morgan fingerprint density at radius 3 is 2.64 bits per heavy atom. The number of nitrogens with zero attached hydrogens (tertiary/aromatic N) is 3. The van der Waals surface area contributed by atoms with Crippen molar-refractivity contribution in [2.24, 2.45) is 0 Å². The van der Waals surface area contributed by atoms with Gasteiger partial charge in [-0.05, 0) is 49.2 Å². The van der Waals surface area contributed by atoms with E-state index < -0.39 is 11.5 Å². The molecule has 1 unspecified atom stereocenters. The molecule has 0 bridgehead atoms. The van der Waals surface area contributed by atoms with E-state index in [4.69, 9.17) is 9.47 Å². The summed E-state index contributed by atoms with van der Waals surface area (Å²) in [6, 6.07) is 7.12. The van der Waals surface area contributed by atoms with Gasteiger partial charge in [0.1, 0.15) is 5.75 Å². The Morgan fingerprint density at radius 1 is 1.29 bits per heavy atom. The number of rotatable bonds is 5. The van der Waals surface area contributed by atoms with Gasteiger partial charge in [-0.2, -0.15) is 4.79 Å². The Morgan fingerprint density at radius 2 is 2.00 bits per heavy atom. The molecule has 0 radical (unpaired) electrons. The first-order valence-electron chi connectivity index (χ1n) is 9.34. The first-order chi connectivity index (χ1) is 13.6. The average molecular weight is 402 g/mol. The van der Waals surface area contributed by atoms with Gasteiger partial charge in [0.05, 0.1) is 24.5 Å². The van der Waals surface area contributed by atoms with Crippen molar-refractivity contribution in [3.05, 3.63) is 35.5 Å². The summed E-state index contributed by atoms with van der Waals surface area (Å²) in [4.78, 5) is 27.2. The van der Waals surface area contributed by atoms with Crippen LogP contribution in [0.1, 0.15) is 53.5 Å². The largest absolute Gasteiger partial charge is 0.497 e. The molecule has 0 amide bonds. The number of hydrogen-bond donors (Lipinski definition) is 1. The summed E-state index contributed by atoms with van der Waals surface area (Å²) in [6.45, 7) is 1.99. The van der Waals surface area contributed by atoms with Gasteiger partial charge in [0, 0.05) is 5.56 Å². The second kappa shape index (κ2) is 7.46. The number of carbonyl (C=O) groups is 2. The van der Waals surface area contributed by atoms with Gasteiger partial charge < -0.3 is 9.47 Å². The standard InChI is InChI=1S/C19H22N4O4S/c1-3-27-18(25)14-17-23(22-20-14)21-19(10-4-5-11-19)16(28-17)15(24)12-6-8-13(26-2)9-7-12/h6-9,16,21H,3-5,10-11H2,1-2H3. The van der Waals surface area contributed by atoms with E-state index in [1.54, 1.807) is 38.3 Å². The number of hydrogen-bond acceptors (Lipinski definition) is 8. The Balaban J connectivity index is 1.69. The van der Waals surface area contributed by atoms with Crippen LogP contribution in [-0.4, -0.2) is 51.4 Å². The zero-order valence-corrected chi connectivity index (χ0v) is 16.6. The number of carbonyl (C=O) groups excluding carboxylic acids is 2. The van der Waals surface area contributed by atoms with Gasteiger partial charge in [-0.15, -0.1) is 5.10 Å². The van der Waals surface area contributed by atoms with Gasteiger partial charge in [-0.25, -0.2) is 4.79 Å². The Hall–Kier alpha value is -2.55. The first kappa shape index (κ1) is 18.8. The molecule has 1 aliphatic carbocycles. The summed E-state index contributed by atoms with van der Waals surface area (Å²) < 4.78 is 10.3. The molecule has 1 aromatic heterocycles. The van der Waals surface area contributed by atoms with Crippen molar-refractivity contribution in [2.45, 2.75) is 48.4 Å². The summed E-state index contributed by atoms with van der Waals surface area (Å²) in [5, 5.41) is 8.19. The van der Waals surface area contributed by atoms with Gasteiger partial charge in [0.2, 0.25) is 5.69 Å². The third kappa shape index (κ3) is 3.13. The zero-order chi connectivity index (χ0) is 19.7. The Labute approximate surface area is 166 Å².